The third-order valence-electron chi connectivity index (χ3n) is 4.77. The van der Waals surface area contributed by atoms with Crippen molar-refractivity contribution in [1.82, 2.24) is 9.80 Å². The van der Waals surface area contributed by atoms with Crippen molar-refractivity contribution < 1.29 is 9.72 Å². The molecule has 1 amide bonds. The molecule has 7 heteroatoms. The minimum absolute atomic E-state index is 0.0742. The van der Waals surface area contributed by atoms with Crippen molar-refractivity contribution in [3.8, 4) is 0 Å². The predicted molar refractivity (Wildman–Crippen MR) is 97.6 cm³/mol. The van der Waals surface area contributed by atoms with Crippen molar-refractivity contribution in [2.45, 2.75) is 25.9 Å². The molecule has 0 saturated carbocycles. The van der Waals surface area contributed by atoms with Crippen LogP contribution in [-0.4, -0.2) is 40.8 Å². The number of likely N-dealkylation sites (N-methyl/N-ethyl adjacent to an activating group) is 1. The lowest BCUT2D eigenvalue weighted by Gasteiger charge is -2.31. The molecule has 3 rings (SSSR count). The second kappa shape index (κ2) is 7.33. The molecule has 0 aliphatic carbocycles. The van der Waals surface area contributed by atoms with Crippen molar-refractivity contribution in [2.24, 2.45) is 0 Å². The highest BCUT2D eigenvalue weighted by Gasteiger charge is 2.24. The van der Waals surface area contributed by atoms with Crippen LogP contribution in [0.2, 0.25) is 0 Å². The van der Waals surface area contributed by atoms with E-state index in [1.165, 1.54) is 16.5 Å². The number of nitro benzene ring substituents is 1. The number of benzene rings is 1. The summed E-state index contributed by atoms with van der Waals surface area (Å²) in [6.45, 7) is 3.69. The number of carbonyl (C=O) groups is 1. The molecule has 1 unspecified atom stereocenters. The minimum Gasteiger partial charge on any atom is -0.337 e. The third kappa shape index (κ3) is 3.88. The van der Waals surface area contributed by atoms with Crippen LogP contribution in [-0.2, 0) is 17.8 Å². The van der Waals surface area contributed by atoms with Crippen molar-refractivity contribution in [2.75, 3.05) is 20.1 Å². The van der Waals surface area contributed by atoms with Gasteiger partial charge in [-0.3, -0.25) is 19.8 Å². The number of hydrogen-bond acceptors (Lipinski definition) is 5. The molecule has 1 aliphatic rings. The predicted octanol–water partition coefficient (Wildman–Crippen LogP) is 3.23. The van der Waals surface area contributed by atoms with Gasteiger partial charge in [-0.1, -0.05) is 12.1 Å². The largest absolute Gasteiger partial charge is 0.337 e. The van der Waals surface area contributed by atoms with Crippen molar-refractivity contribution >= 4 is 22.9 Å². The number of carbonyl (C=O) groups excluding carboxylic acids is 1. The van der Waals surface area contributed by atoms with Gasteiger partial charge in [0.25, 0.3) is 5.69 Å². The van der Waals surface area contributed by atoms with Crippen LogP contribution >= 0.6 is 11.3 Å². The lowest BCUT2D eigenvalue weighted by atomic mass is 10.1. The highest BCUT2D eigenvalue weighted by molar-refractivity contribution is 7.10. The first-order valence-corrected chi connectivity index (χ1v) is 9.11. The van der Waals surface area contributed by atoms with E-state index in [1.807, 2.05) is 29.8 Å². The van der Waals surface area contributed by atoms with Gasteiger partial charge >= 0.3 is 0 Å². The van der Waals surface area contributed by atoms with Crippen LogP contribution in [0.25, 0.3) is 0 Å². The van der Waals surface area contributed by atoms with E-state index in [-0.39, 0.29) is 17.6 Å². The summed E-state index contributed by atoms with van der Waals surface area (Å²) in [6.07, 6.45) is 0.920. The third-order valence-corrected chi connectivity index (χ3v) is 5.79. The molecule has 1 atom stereocenters. The molecule has 0 N–H and O–H groups in total. The molecule has 0 fully saturated rings. The highest BCUT2D eigenvalue weighted by Crippen LogP contribution is 2.25. The molecule has 2 aromatic rings. The molecule has 2 heterocycles. The highest BCUT2D eigenvalue weighted by atomic mass is 32.1. The Balaban J connectivity index is 1.63. The van der Waals surface area contributed by atoms with Gasteiger partial charge in [0.1, 0.15) is 0 Å². The number of amides is 1. The minimum atomic E-state index is -0.395. The smallest absolute Gasteiger partial charge is 0.269 e. The van der Waals surface area contributed by atoms with E-state index in [0.717, 1.165) is 18.5 Å². The van der Waals surface area contributed by atoms with Crippen LogP contribution in [0.4, 0.5) is 5.69 Å². The van der Waals surface area contributed by atoms with E-state index in [4.69, 9.17) is 0 Å². The summed E-state index contributed by atoms with van der Waals surface area (Å²) >= 11 is 1.76. The van der Waals surface area contributed by atoms with Crippen molar-refractivity contribution in [3.63, 3.8) is 0 Å². The average molecular weight is 359 g/mol. The number of non-ortho nitro benzene ring substituents is 1. The van der Waals surface area contributed by atoms with Gasteiger partial charge in [0.15, 0.2) is 0 Å². The van der Waals surface area contributed by atoms with Gasteiger partial charge in [0.2, 0.25) is 5.91 Å². The first-order chi connectivity index (χ1) is 12.0. The Morgan fingerprint density at radius 2 is 2.24 bits per heavy atom. The number of nitro groups is 1. The normalized spacial score (nSPS) is 15.1. The molecular formula is C18H21N3O3S. The zero-order chi connectivity index (χ0) is 18.0. The van der Waals surface area contributed by atoms with Crippen molar-refractivity contribution in [1.29, 1.82) is 0 Å². The Hall–Kier alpha value is -2.25. The Labute approximate surface area is 150 Å². The molecule has 25 heavy (non-hydrogen) atoms. The second-order valence-corrected chi connectivity index (χ2v) is 7.38. The van der Waals surface area contributed by atoms with Gasteiger partial charge in [0, 0.05) is 36.1 Å². The average Bonchev–Trinajstić information content (AvgIpc) is 3.08. The summed E-state index contributed by atoms with van der Waals surface area (Å²) in [5.74, 6) is 0.0941. The fraction of sp³-hybridized carbons (Fsp3) is 0.389. The van der Waals surface area contributed by atoms with Gasteiger partial charge in [-0.25, -0.2) is 0 Å². The van der Waals surface area contributed by atoms with Crippen LogP contribution in [0.15, 0.2) is 35.7 Å². The number of rotatable bonds is 5. The summed E-state index contributed by atoms with van der Waals surface area (Å²) in [5.41, 5.74) is 2.16. The SMILES string of the molecule is CC(c1cccc([N+](=O)[O-])c1)N(C)CC(=O)N1CCc2sccc2C1. The summed E-state index contributed by atoms with van der Waals surface area (Å²) in [5, 5.41) is 13.0. The molecule has 0 radical (unpaired) electrons. The maximum atomic E-state index is 12.6. The Bertz CT molecular complexity index is 789. The molecule has 6 nitrogen and oxygen atoms in total. The lowest BCUT2D eigenvalue weighted by Crippen LogP contribution is -2.41. The Morgan fingerprint density at radius 1 is 1.44 bits per heavy atom. The van der Waals surface area contributed by atoms with E-state index in [0.29, 0.717) is 13.1 Å². The first-order valence-electron chi connectivity index (χ1n) is 8.23. The van der Waals surface area contributed by atoms with Crippen LogP contribution in [0.1, 0.15) is 29.0 Å². The number of fused-ring (bicyclic) bond motifs is 1. The van der Waals surface area contributed by atoms with E-state index in [2.05, 4.69) is 11.4 Å². The number of thiophene rings is 1. The molecular weight excluding hydrogens is 338 g/mol. The lowest BCUT2D eigenvalue weighted by molar-refractivity contribution is -0.384. The Kier molecular flexibility index (Phi) is 5.15. The quantitative estimate of drug-likeness (QED) is 0.607. The molecule has 1 aromatic heterocycles. The van der Waals surface area contributed by atoms with Crippen LogP contribution in [0.5, 0.6) is 0 Å². The fourth-order valence-corrected chi connectivity index (χ4v) is 3.95. The van der Waals surface area contributed by atoms with Crippen molar-refractivity contribution in [3.05, 3.63) is 61.8 Å². The molecule has 1 aliphatic heterocycles. The van der Waals surface area contributed by atoms with Gasteiger partial charge in [0.05, 0.1) is 11.5 Å². The molecule has 1 aromatic carbocycles. The summed E-state index contributed by atoms with van der Waals surface area (Å²) in [6, 6.07) is 8.61. The fourth-order valence-electron chi connectivity index (χ4n) is 3.06. The number of hydrogen-bond donors (Lipinski definition) is 0. The van der Waals surface area contributed by atoms with Crippen LogP contribution < -0.4 is 0 Å². The first kappa shape index (κ1) is 17.6. The van der Waals surface area contributed by atoms with Gasteiger partial charge in [-0.05, 0) is 43.0 Å². The number of nitrogens with zero attached hydrogens (tertiary/aromatic N) is 3. The van der Waals surface area contributed by atoms with Crippen LogP contribution in [0, 0.1) is 10.1 Å². The maximum Gasteiger partial charge on any atom is 0.269 e. The zero-order valence-electron chi connectivity index (χ0n) is 14.3. The van der Waals surface area contributed by atoms with E-state index in [1.54, 1.807) is 23.5 Å². The van der Waals surface area contributed by atoms with E-state index in [9.17, 15) is 14.9 Å². The zero-order valence-corrected chi connectivity index (χ0v) is 15.2. The van der Waals surface area contributed by atoms with E-state index < -0.39 is 4.92 Å². The summed E-state index contributed by atoms with van der Waals surface area (Å²) < 4.78 is 0. The van der Waals surface area contributed by atoms with Crippen LogP contribution in [0.3, 0.4) is 0 Å². The topological polar surface area (TPSA) is 66.7 Å². The Morgan fingerprint density at radius 3 is 3.00 bits per heavy atom. The molecule has 0 bridgehead atoms. The monoisotopic (exact) mass is 359 g/mol. The maximum absolute atomic E-state index is 12.6. The van der Waals surface area contributed by atoms with E-state index >= 15 is 0 Å². The molecule has 132 valence electrons. The van der Waals surface area contributed by atoms with Gasteiger partial charge in [-0.2, -0.15) is 0 Å². The summed E-state index contributed by atoms with van der Waals surface area (Å²) in [7, 11) is 1.88. The molecule has 0 saturated heterocycles. The van der Waals surface area contributed by atoms with Gasteiger partial charge in [-0.15, -0.1) is 11.3 Å². The standard InChI is InChI=1S/C18H21N3O3S/c1-13(14-4-3-5-16(10-14)21(23)24)19(2)12-18(22)20-8-6-17-15(11-20)7-9-25-17/h3-5,7,9-10,13H,6,8,11-12H2,1-2H3. The summed E-state index contributed by atoms with van der Waals surface area (Å²) in [4.78, 5) is 28.4. The molecule has 0 spiro atoms. The van der Waals surface area contributed by atoms with Gasteiger partial charge < -0.3 is 4.90 Å². The second-order valence-electron chi connectivity index (χ2n) is 6.38.